The summed E-state index contributed by atoms with van der Waals surface area (Å²) in [5, 5.41) is 5.45. The quantitative estimate of drug-likeness (QED) is 0.158. The predicted octanol–water partition coefficient (Wildman–Crippen LogP) is 6.23. The van der Waals surface area contributed by atoms with Crippen LogP contribution in [0.3, 0.4) is 0 Å². The lowest BCUT2D eigenvalue weighted by atomic mass is 10.0. The molecular weight excluding hydrogens is 467 g/mol. The number of ketones is 1. The van der Waals surface area contributed by atoms with Crippen molar-refractivity contribution in [3.05, 3.63) is 107 Å². The van der Waals surface area contributed by atoms with Gasteiger partial charge in [0.15, 0.2) is 0 Å². The highest BCUT2D eigenvalue weighted by atomic mass is 35.5. The summed E-state index contributed by atoms with van der Waals surface area (Å²) in [6.45, 7) is 0. The van der Waals surface area contributed by atoms with Crippen molar-refractivity contribution in [2.75, 3.05) is 5.43 Å². The fraction of sp³-hybridized carbons (Fsp3) is 0. The summed E-state index contributed by atoms with van der Waals surface area (Å²) in [5.41, 5.74) is 3.15. The van der Waals surface area contributed by atoms with Crippen LogP contribution in [0.5, 0.6) is 0 Å². The molecule has 0 saturated carbocycles. The van der Waals surface area contributed by atoms with Crippen LogP contribution in [0.15, 0.2) is 101 Å². The predicted molar refractivity (Wildman–Crippen MR) is 129 cm³/mol. The molecule has 0 radical (unpaired) electrons. The van der Waals surface area contributed by atoms with Crippen molar-refractivity contribution < 1.29 is 13.2 Å². The average Bonchev–Trinajstić information content (AvgIpc) is 2.80. The topological polar surface area (TPSA) is 75.6 Å². The zero-order valence-corrected chi connectivity index (χ0v) is 18.8. The van der Waals surface area contributed by atoms with Gasteiger partial charge in [-0.1, -0.05) is 83.9 Å². The molecule has 1 N–H and O–H groups in total. The fourth-order valence-corrected chi connectivity index (χ4v) is 4.88. The van der Waals surface area contributed by atoms with E-state index in [1.807, 2.05) is 18.2 Å². The minimum atomic E-state index is -4.24. The summed E-state index contributed by atoms with van der Waals surface area (Å²) in [4.78, 5) is 13.5. The lowest BCUT2D eigenvalue weighted by Gasteiger charge is -2.11. The largest absolute Gasteiger partial charge is 0.286 e. The number of hydrazone groups is 1. The normalized spacial score (nSPS) is 12.0. The number of hydrogen-bond acceptors (Lipinski definition) is 5. The van der Waals surface area contributed by atoms with Crippen LogP contribution >= 0.6 is 23.2 Å². The molecule has 0 saturated heterocycles. The molecule has 0 heterocycles. The second-order valence-corrected chi connectivity index (χ2v) is 9.53. The van der Waals surface area contributed by atoms with Crippen molar-refractivity contribution in [1.29, 1.82) is 0 Å². The number of carbonyl (C=O) groups is 1. The summed E-state index contributed by atoms with van der Waals surface area (Å²) in [6, 6.07) is 24.6. The van der Waals surface area contributed by atoms with Gasteiger partial charge in [0.2, 0.25) is 20.7 Å². The van der Waals surface area contributed by atoms with Gasteiger partial charge in [-0.3, -0.25) is 10.2 Å². The average molecular weight is 483 g/mol. The van der Waals surface area contributed by atoms with Crippen molar-refractivity contribution in [1.82, 2.24) is 0 Å². The molecule has 4 aromatic rings. The first-order valence-electron chi connectivity index (χ1n) is 9.49. The van der Waals surface area contributed by atoms with Crippen LogP contribution in [0.1, 0.15) is 10.4 Å². The van der Waals surface area contributed by atoms with E-state index in [4.69, 9.17) is 23.2 Å². The fourth-order valence-electron chi connectivity index (χ4n) is 3.17. The van der Waals surface area contributed by atoms with Gasteiger partial charge < -0.3 is 0 Å². The van der Waals surface area contributed by atoms with Crippen LogP contribution in [0.25, 0.3) is 10.8 Å². The summed E-state index contributed by atoms with van der Waals surface area (Å²) >= 11 is 12.1. The Balaban J connectivity index is 1.86. The van der Waals surface area contributed by atoms with Gasteiger partial charge in [-0.15, -0.1) is 0 Å². The molecule has 32 heavy (non-hydrogen) atoms. The highest BCUT2D eigenvalue weighted by molar-refractivity contribution is 8.08. The molecule has 0 bridgehead atoms. The van der Waals surface area contributed by atoms with E-state index in [1.54, 1.807) is 54.6 Å². The Morgan fingerprint density at radius 1 is 0.812 bits per heavy atom. The second-order valence-electron chi connectivity index (χ2n) is 6.83. The Hall–Kier alpha value is -3.19. The number of anilines is 1. The van der Waals surface area contributed by atoms with E-state index in [9.17, 15) is 13.2 Å². The Labute approximate surface area is 195 Å². The summed E-state index contributed by atoms with van der Waals surface area (Å²) in [5.74, 6) is -0.733. The van der Waals surface area contributed by atoms with Crippen molar-refractivity contribution in [3.8, 4) is 0 Å². The molecule has 0 aromatic heterocycles. The van der Waals surface area contributed by atoms with Gasteiger partial charge in [0, 0.05) is 10.6 Å². The van der Waals surface area contributed by atoms with Crippen molar-refractivity contribution in [3.63, 3.8) is 0 Å². The third kappa shape index (κ3) is 4.39. The number of sulfone groups is 1. The summed E-state index contributed by atoms with van der Waals surface area (Å²) in [6.07, 6.45) is 0. The molecule has 0 unspecified atom stereocenters. The van der Waals surface area contributed by atoms with Crippen LogP contribution < -0.4 is 5.43 Å². The van der Waals surface area contributed by atoms with Gasteiger partial charge in [0.1, 0.15) is 0 Å². The molecule has 0 aliphatic rings. The first-order chi connectivity index (χ1) is 15.4. The lowest BCUT2D eigenvalue weighted by Crippen LogP contribution is -2.26. The van der Waals surface area contributed by atoms with Gasteiger partial charge in [0.05, 0.1) is 15.6 Å². The Kier molecular flexibility index (Phi) is 6.28. The van der Waals surface area contributed by atoms with Gasteiger partial charge >= 0.3 is 0 Å². The Bertz CT molecular complexity index is 1450. The molecule has 0 atom stereocenters. The molecule has 8 heteroatoms. The van der Waals surface area contributed by atoms with E-state index in [0.29, 0.717) is 16.1 Å². The maximum Gasteiger partial charge on any atom is 0.229 e. The van der Waals surface area contributed by atoms with E-state index < -0.39 is 20.7 Å². The third-order valence-corrected chi connectivity index (χ3v) is 6.97. The van der Waals surface area contributed by atoms with Crippen LogP contribution in [-0.4, -0.2) is 19.2 Å². The summed E-state index contributed by atoms with van der Waals surface area (Å²) in [7, 11) is -4.24. The van der Waals surface area contributed by atoms with E-state index in [-0.39, 0.29) is 15.5 Å². The van der Waals surface area contributed by atoms with E-state index >= 15 is 0 Å². The molecule has 0 aliphatic carbocycles. The molecule has 0 spiro atoms. The zero-order chi connectivity index (χ0) is 22.7. The highest BCUT2D eigenvalue weighted by Gasteiger charge is 2.31. The standard InChI is InChI=1S/C24H16Cl2N2O3S/c25-17-13-14-22(21(26)15-17)27-28-24(32(30,31)18-9-2-1-3-10-18)23(29)20-12-6-8-16-7-4-5-11-19(16)20/h1-15,27H/b28-24-. The monoisotopic (exact) mass is 482 g/mol. The molecule has 4 aromatic carbocycles. The van der Waals surface area contributed by atoms with Gasteiger partial charge in [0.25, 0.3) is 0 Å². The molecule has 0 amide bonds. The van der Waals surface area contributed by atoms with Crippen LogP contribution in [0, 0.1) is 0 Å². The van der Waals surface area contributed by atoms with E-state index in [1.165, 1.54) is 18.2 Å². The van der Waals surface area contributed by atoms with Crippen LogP contribution in [-0.2, 0) is 9.84 Å². The highest BCUT2D eigenvalue weighted by Crippen LogP contribution is 2.26. The third-order valence-electron chi connectivity index (χ3n) is 4.75. The van der Waals surface area contributed by atoms with Crippen molar-refractivity contribution in [2.45, 2.75) is 4.90 Å². The van der Waals surface area contributed by atoms with E-state index in [2.05, 4.69) is 10.5 Å². The number of Topliss-reactive ketones (excluding diaryl/α,β-unsaturated/α-hetero) is 1. The first kappa shape index (κ1) is 22.0. The number of hydrogen-bond donors (Lipinski definition) is 1. The van der Waals surface area contributed by atoms with Crippen LogP contribution in [0.4, 0.5) is 5.69 Å². The number of carbonyl (C=O) groups excluding carboxylic acids is 1. The van der Waals surface area contributed by atoms with Gasteiger partial charge in [-0.05, 0) is 41.1 Å². The second kappa shape index (κ2) is 9.12. The molecular formula is C24H16Cl2N2O3S. The maximum absolute atomic E-state index is 13.5. The first-order valence-corrected chi connectivity index (χ1v) is 11.7. The molecule has 5 nitrogen and oxygen atoms in total. The zero-order valence-electron chi connectivity index (χ0n) is 16.5. The molecule has 160 valence electrons. The number of nitrogens with zero attached hydrogens (tertiary/aromatic N) is 1. The van der Waals surface area contributed by atoms with Crippen molar-refractivity contribution >= 4 is 60.3 Å². The van der Waals surface area contributed by atoms with Crippen LogP contribution in [0.2, 0.25) is 10.0 Å². The number of rotatable bonds is 5. The minimum absolute atomic E-state index is 0.0451. The minimum Gasteiger partial charge on any atom is -0.286 e. The molecule has 4 rings (SSSR count). The van der Waals surface area contributed by atoms with Crippen molar-refractivity contribution in [2.24, 2.45) is 5.10 Å². The summed E-state index contributed by atoms with van der Waals surface area (Å²) < 4.78 is 26.8. The van der Waals surface area contributed by atoms with Gasteiger partial charge in [-0.25, -0.2) is 8.42 Å². The Morgan fingerprint density at radius 3 is 2.25 bits per heavy atom. The van der Waals surface area contributed by atoms with E-state index in [0.717, 1.165) is 5.39 Å². The lowest BCUT2D eigenvalue weighted by molar-refractivity contribution is 0.107. The SMILES string of the molecule is O=C(/C(=N/Nc1ccc(Cl)cc1Cl)S(=O)(=O)c1ccccc1)c1cccc2ccccc12. The Morgan fingerprint density at radius 2 is 1.50 bits per heavy atom. The molecule has 0 aliphatic heterocycles. The maximum atomic E-state index is 13.5. The number of benzene rings is 4. The number of halogens is 2. The smallest absolute Gasteiger partial charge is 0.229 e. The number of nitrogens with one attached hydrogen (secondary N) is 1. The molecule has 0 fully saturated rings. The van der Waals surface area contributed by atoms with Gasteiger partial charge in [-0.2, -0.15) is 5.10 Å². The number of fused-ring (bicyclic) bond motifs is 1.